The van der Waals surface area contributed by atoms with Gasteiger partial charge in [0.25, 0.3) is 0 Å². The highest BCUT2D eigenvalue weighted by Crippen LogP contribution is 2.26. The molecule has 1 unspecified atom stereocenters. The summed E-state index contributed by atoms with van der Waals surface area (Å²) < 4.78 is 13.0. The van der Waals surface area contributed by atoms with Crippen LogP contribution in [0.25, 0.3) is 0 Å². The fourth-order valence-electron chi connectivity index (χ4n) is 1.78. The quantitative estimate of drug-likeness (QED) is 0.838. The van der Waals surface area contributed by atoms with Crippen LogP contribution < -0.4 is 0 Å². The van der Waals surface area contributed by atoms with Crippen LogP contribution in [0.1, 0.15) is 17.2 Å². The predicted molar refractivity (Wildman–Crippen MR) is 76.5 cm³/mol. The molecule has 0 fully saturated rings. The van der Waals surface area contributed by atoms with Gasteiger partial charge in [0.2, 0.25) is 0 Å². The second kappa shape index (κ2) is 6.10. The van der Waals surface area contributed by atoms with E-state index in [9.17, 15) is 9.50 Å². The fourth-order valence-corrected chi connectivity index (χ4v) is 2.52. The SMILES string of the molecule is OC(Cc1ccc(F)c(Cl)c1)c1cc(Cl)cc(Cl)c1. The molecule has 19 heavy (non-hydrogen) atoms. The van der Waals surface area contributed by atoms with Crippen molar-refractivity contribution in [2.75, 3.05) is 0 Å². The van der Waals surface area contributed by atoms with Crippen LogP contribution in [0.3, 0.4) is 0 Å². The number of benzene rings is 2. The third kappa shape index (κ3) is 3.83. The number of halogens is 4. The zero-order valence-corrected chi connectivity index (χ0v) is 12.0. The maximum absolute atomic E-state index is 13.0. The van der Waals surface area contributed by atoms with Crippen LogP contribution in [0.2, 0.25) is 15.1 Å². The zero-order chi connectivity index (χ0) is 14.0. The van der Waals surface area contributed by atoms with Gasteiger partial charge in [-0.25, -0.2) is 4.39 Å². The Labute approximate surface area is 125 Å². The largest absolute Gasteiger partial charge is 0.388 e. The summed E-state index contributed by atoms with van der Waals surface area (Å²) in [6.45, 7) is 0. The summed E-state index contributed by atoms with van der Waals surface area (Å²) in [7, 11) is 0. The van der Waals surface area contributed by atoms with Gasteiger partial charge in [-0.05, 0) is 41.5 Å². The van der Waals surface area contributed by atoms with Crippen molar-refractivity contribution < 1.29 is 9.50 Å². The third-order valence-electron chi connectivity index (χ3n) is 2.68. The highest BCUT2D eigenvalue weighted by atomic mass is 35.5. The topological polar surface area (TPSA) is 20.2 Å². The summed E-state index contributed by atoms with van der Waals surface area (Å²) in [6, 6.07) is 9.22. The lowest BCUT2D eigenvalue weighted by Crippen LogP contribution is -2.02. The molecule has 2 aromatic carbocycles. The maximum Gasteiger partial charge on any atom is 0.141 e. The Morgan fingerprint density at radius 3 is 2.21 bits per heavy atom. The number of aliphatic hydroxyl groups excluding tert-OH is 1. The van der Waals surface area contributed by atoms with Crippen LogP contribution in [0.4, 0.5) is 4.39 Å². The van der Waals surface area contributed by atoms with Crippen LogP contribution in [0, 0.1) is 5.82 Å². The Hall–Kier alpha value is -0.800. The smallest absolute Gasteiger partial charge is 0.141 e. The van der Waals surface area contributed by atoms with Crippen molar-refractivity contribution in [3.05, 3.63) is 68.4 Å². The molecule has 1 nitrogen and oxygen atoms in total. The molecule has 0 aromatic heterocycles. The lowest BCUT2D eigenvalue weighted by atomic mass is 10.0. The van der Waals surface area contributed by atoms with E-state index in [1.807, 2.05) is 0 Å². The lowest BCUT2D eigenvalue weighted by molar-refractivity contribution is 0.178. The lowest BCUT2D eigenvalue weighted by Gasteiger charge is -2.12. The van der Waals surface area contributed by atoms with Crippen LogP contribution in [0.5, 0.6) is 0 Å². The van der Waals surface area contributed by atoms with Gasteiger partial charge in [-0.2, -0.15) is 0 Å². The van der Waals surface area contributed by atoms with Crippen LogP contribution in [0.15, 0.2) is 36.4 Å². The summed E-state index contributed by atoms with van der Waals surface area (Å²) in [5.74, 6) is -0.481. The predicted octanol–water partition coefficient (Wildman–Crippen LogP) is 5.06. The molecule has 2 rings (SSSR count). The van der Waals surface area contributed by atoms with Crippen LogP contribution >= 0.6 is 34.8 Å². The Morgan fingerprint density at radius 2 is 1.63 bits per heavy atom. The summed E-state index contributed by atoms with van der Waals surface area (Å²) >= 11 is 17.4. The minimum absolute atomic E-state index is 0.0360. The first-order valence-electron chi connectivity index (χ1n) is 5.53. The minimum Gasteiger partial charge on any atom is -0.388 e. The van der Waals surface area contributed by atoms with E-state index in [4.69, 9.17) is 34.8 Å². The van der Waals surface area contributed by atoms with Gasteiger partial charge in [-0.15, -0.1) is 0 Å². The maximum atomic E-state index is 13.0. The van der Waals surface area contributed by atoms with E-state index in [0.29, 0.717) is 22.0 Å². The molecule has 5 heteroatoms. The van der Waals surface area contributed by atoms with Gasteiger partial charge < -0.3 is 5.11 Å². The Bertz CT molecular complexity index is 581. The average molecular weight is 320 g/mol. The first-order chi connectivity index (χ1) is 8.95. The van der Waals surface area contributed by atoms with E-state index in [1.54, 1.807) is 24.3 Å². The normalized spacial score (nSPS) is 12.5. The van der Waals surface area contributed by atoms with Gasteiger partial charge in [0.05, 0.1) is 11.1 Å². The van der Waals surface area contributed by atoms with Crippen molar-refractivity contribution in [2.45, 2.75) is 12.5 Å². The van der Waals surface area contributed by atoms with E-state index in [-0.39, 0.29) is 5.02 Å². The van der Waals surface area contributed by atoms with Gasteiger partial charge >= 0.3 is 0 Å². The molecular formula is C14H10Cl3FO. The zero-order valence-electron chi connectivity index (χ0n) is 9.71. The van der Waals surface area contributed by atoms with E-state index in [1.165, 1.54) is 12.1 Å². The molecule has 0 spiro atoms. The number of rotatable bonds is 3. The van der Waals surface area contributed by atoms with Crippen molar-refractivity contribution in [3.8, 4) is 0 Å². The molecule has 0 saturated heterocycles. The monoisotopic (exact) mass is 318 g/mol. The van der Waals surface area contributed by atoms with Gasteiger partial charge in [-0.3, -0.25) is 0 Å². The summed E-state index contributed by atoms with van der Waals surface area (Å²) in [6.07, 6.45) is -0.478. The molecule has 0 saturated carbocycles. The fraction of sp³-hybridized carbons (Fsp3) is 0.143. The molecule has 0 heterocycles. The molecule has 0 aliphatic heterocycles. The molecule has 0 aliphatic rings. The van der Waals surface area contributed by atoms with Crippen LogP contribution in [-0.4, -0.2) is 5.11 Å². The third-order valence-corrected chi connectivity index (χ3v) is 3.41. The average Bonchev–Trinajstić information content (AvgIpc) is 2.32. The highest BCUT2D eigenvalue weighted by molar-refractivity contribution is 6.34. The number of aliphatic hydroxyl groups is 1. The van der Waals surface area contributed by atoms with E-state index >= 15 is 0 Å². The van der Waals surface area contributed by atoms with Crippen molar-refractivity contribution in [1.82, 2.24) is 0 Å². The molecule has 0 aliphatic carbocycles. The van der Waals surface area contributed by atoms with Crippen molar-refractivity contribution in [2.24, 2.45) is 0 Å². The first kappa shape index (κ1) is 14.6. The molecule has 0 bridgehead atoms. The van der Waals surface area contributed by atoms with Gasteiger partial charge in [0.1, 0.15) is 5.82 Å². The standard InChI is InChI=1S/C14H10Cl3FO/c15-10-5-9(6-11(16)7-10)14(19)4-8-1-2-13(18)12(17)3-8/h1-3,5-7,14,19H,4H2. The molecule has 1 atom stereocenters. The molecule has 0 radical (unpaired) electrons. The van der Waals surface area contributed by atoms with Crippen molar-refractivity contribution in [1.29, 1.82) is 0 Å². The molecular weight excluding hydrogens is 310 g/mol. The molecule has 1 N–H and O–H groups in total. The number of hydrogen-bond acceptors (Lipinski definition) is 1. The van der Waals surface area contributed by atoms with Gasteiger partial charge in [0.15, 0.2) is 0 Å². The van der Waals surface area contributed by atoms with E-state index < -0.39 is 11.9 Å². The summed E-state index contributed by atoms with van der Waals surface area (Å²) in [4.78, 5) is 0. The second-order valence-corrected chi connectivity index (χ2v) is 5.45. The highest BCUT2D eigenvalue weighted by Gasteiger charge is 2.11. The summed E-state index contributed by atoms with van der Waals surface area (Å²) in [5, 5.41) is 11.1. The Balaban J connectivity index is 2.20. The summed E-state index contributed by atoms with van der Waals surface area (Å²) in [5.41, 5.74) is 1.34. The Kier molecular flexibility index (Phi) is 4.69. The molecule has 100 valence electrons. The van der Waals surface area contributed by atoms with Gasteiger partial charge in [-0.1, -0.05) is 40.9 Å². The van der Waals surface area contributed by atoms with E-state index in [2.05, 4.69) is 0 Å². The first-order valence-corrected chi connectivity index (χ1v) is 6.67. The van der Waals surface area contributed by atoms with Crippen LogP contribution in [-0.2, 0) is 6.42 Å². The Morgan fingerprint density at radius 1 is 1.00 bits per heavy atom. The number of hydrogen-bond donors (Lipinski definition) is 1. The van der Waals surface area contributed by atoms with Crippen molar-refractivity contribution >= 4 is 34.8 Å². The molecule has 2 aromatic rings. The molecule has 0 amide bonds. The second-order valence-electron chi connectivity index (χ2n) is 4.17. The van der Waals surface area contributed by atoms with E-state index in [0.717, 1.165) is 5.56 Å². The minimum atomic E-state index is -0.780. The van der Waals surface area contributed by atoms with Crippen molar-refractivity contribution in [3.63, 3.8) is 0 Å². The van der Waals surface area contributed by atoms with Gasteiger partial charge in [0, 0.05) is 16.5 Å².